The molecule has 0 aromatic heterocycles. The Bertz CT molecular complexity index is 1120. The molecule has 3 amide bonds. The van der Waals surface area contributed by atoms with Gasteiger partial charge in [0.2, 0.25) is 12.7 Å². The number of benzene rings is 2. The smallest absolute Gasteiger partial charge is 0.321 e. The molecular weight excluding hydrogens is 484 g/mol. The molecule has 2 aromatic rings. The molecule has 2 aromatic carbocycles. The van der Waals surface area contributed by atoms with Crippen molar-refractivity contribution in [2.24, 2.45) is 0 Å². The maximum atomic E-state index is 12.9. The van der Waals surface area contributed by atoms with Crippen molar-refractivity contribution in [3.63, 3.8) is 0 Å². The van der Waals surface area contributed by atoms with Gasteiger partial charge < -0.3 is 34.5 Å². The van der Waals surface area contributed by atoms with Gasteiger partial charge in [0.25, 0.3) is 0 Å². The first-order valence-corrected chi connectivity index (χ1v) is 12.8. The number of nitrogens with one attached hydrogen (secondary N) is 3. The van der Waals surface area contributed by atoms with Gasteiger partial charge in [-0.05, 0) is 30.5 Å². The lowest BCUT2D eigenvalue weighted by molar-refractivity contribution is -0.122. The Morgan fingerprint density at radius 1 is 1.08 bits per heavy atom. The van der Waals surface area contributed by atoms with Gasteiger partial charge in [-0.2, -0.15) is 0 Å². The van der Waals surface area contributed by atoms with Crippen molar-refractivity contribution in [3.05, 3.63) is 42.0 Å². The number of rotatable bonds is 6. The van der Waals surface area contributed by atoms with Crippen LogP contribution in [0.25, 0.3) is 0 Å². The number of nitrogens with zero attached hydrogens (tertiary/aromatic N) is 1. The Labute approximate surface area is 214 Å². The summed E-state index contributed by atoms with van der Waals surface area (Å²) in [5.41, 5.74) is 1.57. The number of likely N-dealkylation sites (tertiary alicyclic amines) is 1. The molecular formula is C25H30N4O6S. The summed E-state index contributed by atoms with van der Waals surface area (Å²) in [6, 6.07) is 10.5. The molecule has 3 aliphatic heterocycles. The lowest BCUT2D eigenvalue weighted by Crippen LogP contribution is -2.54. The van der Waals surface area contributed by atoms with E-state index in [1.807, 2.05) is 18.2 Å². The summed E-state index contributed by atoms with van der Waals surface area (Å²) in [6.45, 7) is 1.84. The highest BCUT2D eigenvalue weighted by Gasteiger charge is 2.44. The number of carbonyl (C=O) groups excluding carboxylic acids is 2. The van der Waals surface area contributed by atoms with Crippen LogP contribution in [0.15, 0.2) is 36.4 Å². The van der Waals surface area contributed by atoms with Crippen LogP contribution in [0.3, 0.4) is 0 Å². The minimum absolute atomic E-state index is 0.0239. The molecule has 3 heterocycles. The van der Waals surface area contributed by atoms with Gasteiger partial charge in [0.15, 0.2) is 11.5 Å². The van der Waals surface area contributed by atoms with Gasteiger partial charge in [0.1, 0.15) is 11.5 Å². The van der Waals surface area contributed by atoms with Crippen LogP contribution < -0.4 is 34.9 Å². The van der Waals surface area contributed by atoms with Crippen molar-refractivity contribution in [3.8, 4) is 23.0 Å². The molecule has 0 bridgehead atoms. The first kappa shape index (κ1) is 24.4. The second-order valence-electron chi connectivity index (χ2n) is 8.93. The fraction of sp³-hybridized carbons (Fsp3) is 0.440. The van der Waals surface area contributed by atoms with Crippen LogP contribution in [0.4, 0.5) is 10.5 Å². The number of hydrogen-bond acceptors (Lipinski definition) is 8. The van der Waals surface area contributed by atoms with Crippen molar-refractivity contribution >= 4 is 29.4 Å². The van der Waals surface area contributed by atoms with Crippen molar-refractivity contribution in [1.29, 1.82) is 0 Å². The average Bonchev–Trinajstić information content (AvgIpc) is 3.54. The zero-order valence-electron chi connectivity index (χ0n) is 20.3. The van der Waals surface area contributed by atoms with Crippen LogP contribution in [0, 0.1) is 0 Å². The first-order valence-electron chi connectivity index (χ1n) is 11.8. The SMILES string of the molecule is COc1cc(NC(=O)N2CCC3(CC2)NC(C(=O)NCc2ccc4c(c2)OCO4)CS3)cc(OC)c1. The highest BCUT2D eigenvalue weighted by atomic mass is 32.2. The predicted molar refractivity (Wildman–Crippen MR) is 136 cm³/mol. The minimum Gasteiger partial charge on any atom is -0.497 e. The third-order valence-corrected chi connectivity index (χ3v) is 8.22. The molecule has 11 heteroatoms. The van der Waals surface area contributed by atoms with E-state index in [1.54, 1.807) is 49.1 Å². The average molecular weight is 515 g/mol. The van der Waals surface area contributed by atoms with E-state index in [1.165, 1.54) is 0 Å². The predicted octanol–water partition coefficient (Wildman–Crippen LogP) is 2.78. The highest BCUT2D eigenvalue weighted by molar-refractivity contribution is 8.01. The molecule has 5 rings (SSSR count). The van der Waals surface area contributed by atoms with E-state index in [2.05, 4.69) is 16.0 Å². The molecule has 0 aliphatic carbocycles. The summed E-state index contributed by atoms with van der Waals surface area (Å²) in [5, 5.41) is 9.49. The van der Waals surface area contributed by atoms with Gasteiger partial charge in [-0.25, -0.2) is 4.79 Å². The number of anilines is 1. The van der Waals surface area contributed by atoms with Crippen molar-refractivity contribution in [2.45, 2.75) is 30.3 Å². The third-order valence-electron chi connectivity index (χ3n) is 6.64. The van der Waals surface area contributed by atoms with Crippen molar-refractivity contribution in [2.75, 3.05) is 45.2 Å². The molecule has 10 nitrogen and oxygen atoms in total. The number of carbonyl (C=O) groups is 2. The van der Waals surface area contributed by atoms with Gasteiger partial charge >= 0.3 is 6.03 Å². The third kappa shape index (κ3) is 5.26. The molecule has 0 saturated carbocycles. The summed E-state index contributed by atoms with van der Waals surface area (Å²) in [6.07, 6.45) is 1.52. The number of hydrogen-bond donors (Lipinski definition) is 3. The quantitative estimate of drug-likeness (QED) is 0.540. The molecule has 3 N–H and O–H groups in total. The number of ether oxygens (including phenoxy) is 4. The minimum atomic E-state index is -0.270. The van der Waals surface area contributed by atoms with Crippen LogP contribution >= 0.6 is 11.8 Å². The molecule has 1 atom stereocenters. The number of thioether (sulfide) groups is 1. The lowest BCUT2D eigenvalue weighted by atomic mass is 10.0. The lowest BCUT2D eigenvalue weighted by Gasteiger charge is -2.39. The van der Waals surface area contributed by atoms with Gasteiger partial charge in [-0.1, -0.05) is 6.07 Å². The molecule has 2 saturated heterocycles. The Balaban J connectivity index is 1.10. The van der Waals surface area contributed by atoms with E-state index >= 15 is 0 Å². The number of fused-ring (bicyclic) bond motifs is 1. The topological polar surface area (TPSA) is 110 Å². The standard InChI is InChI=1S/C25H30N4O6S/c1-32-18-10-17(11-19(12-18)33-2)27-24(31)29-7-5-25(6-8-29)28-20(14-36-25)23(30)26-13-16-3-4-21-22(9-16)35-15-34-21/h3-4,9-12,20,28H,5-8,13-15H2,1-2H3,(H,26,30)(H,27,31). The van der Waals surface area contributed by atoms with E-state index in [-0.39, 0.29) is 29.6 Å². The van der Waals surface area contributed by atoms with Gasteiger partial charge in [-0.3, -0.25) is 10.1 Å². The number of amides is 3. The van der Waals surface area contributed by atoms with Crippen molar-refractivity contribution < 1.29 is 28.5 Å². The molecule has 2 fully saturated rings. The van der Waals surface area contributed by atoms with Crippen LogP contribution in [0.2, 0.25) is 0 Å². The van der Waals surface area contributed by atoms with E-state index in [4.69, 9.17) is 18.9 Å². The Morgan fingerprint density at radius 2 is 1.81 bits per heavy atom. The second-order valence-corrected chi connectivity index (χ2v) is 10.3. The van der Waals surface area contributed by atoms with Gasteiger partial charge in [0.05, 0.1) is 25.1 Å². The van der Waals surface area contributed by atoms with Crippen LogP contribution in [0.5, 0.6) is 23.0 Å². The number of urea groups is 1. The first-order chi connectivity index (χ1) is 17.5. The van der Waals surface area contributed by atoms with Crippen LogP contribution in [0.1, 0.15) is 18.4 Å². The fourth-order valence-electron chi connectivity index (χ4n) is 4.59. The molecule has 1 unspecified atom stereocenters. The zero-order valence-corrected chi connectivity index (χ0v) is 21.1. The van der Waals surface area contributed by atoms with E-state index in [9.17, 15) is 9.59 Å². The number of piperidine rings is 1. The second kappa shape index (κ2) is 10.4. The van der Waals surface area contributed by atoms with Gasteiger partial charge in [-0.15, -0.1) is 11.8 Å². The van der Waals surface area contributed by atoms with Gasteiger partial charge in [0, 0.05) is 49.3 Å². The maximum Gasteiger partial charge on any atom is 0.321 e. The summed E-state index contributed by atoms with van der Waals surface area (Å²) < 4.78 is 21.3. The zero-order chi connectivity index (χ0) is 25.1. The summed E-state index contributed by atoms with van der Waals surface area (Å²) in [4.78, 5) is 27.3. The molecule has 192 valence electrons. The fourth-order valence-corrected chi connectivity index (χ4v) is 6.01. The van der Waals surface area contributed by atoms with Crippen LogP contribution in [-0.4, -0.2) is 67.6 Å². The molecule has 0 radical (unpaired) electrons. The number of methoxy groups -OCH3 is 2. The Hall–Kier alpha value is -3.31. The Morgan fingerprint density at radius 3 is 2.53 bits per heavy atom. The summed E-state index contributed by atoms with van der Waals surface area (Å²) in [5.74, 6) is 3.32. The summed E-state index contributed by atoms with van der Waals surface area (Å²) in [7, 11) is 3.14. The Kier molecular flexibility index (Phi) is 7.01. The molecule has 36 heavy (non-hydrogen) atoms. The highest BCUT2D eigenvalue weighted by Crippen LogP contribution is 2.39. The largest absolute Gasteiger partial charge is 0.497 e. The van der Waals surface area contributed by atoms with Crippen LogP contribution in [-0.2, 0) is 11.3 Å². The van der Waals surface area contributed by atoms with E-state index < -0.39 is 0 Å². The van der Waals surface area contributed by atoms with Crippen molar-refractivity contribution in [1.82, 2.24) is 15.5 Å². The van der Waals surface area contributed by atoms with E-state index in [0.717, 1.165) is 24.2 Å². The molecule has 1 spiro atoms. The monoisotopic (exact) mass is 514 g/mol. The maximum absolute atomic E-state index is 12.9. The molecule has 3 aliphatic rings. The summed E-state index contributed by atoms with van der Waals surface area (Å²) >= 11 is 1.77. The normalized spacial score (nSPS) is 19.7. The van der Waals surface area contributed by atoms with E-state index in [0.29, 0.717) is 48.3 Å².